The molecule has 0 unspecified atom stereocenters. The summed E-state index contributed by atoms with van der Waals surface area (Å²) in [6, 6.07) is 2.31. The van der Waals surface area contributed by atoms with Crippen molar-refractivity contribution in [1.29, 1.82) is 0 Å². The molecule has 1 N–H and O–H groups in total. The zero-order valence-electron chi connectivity index (χ0n) is 13.7. The van der Waals surface area contributed by atoms with E-state index in [0.717, 1.165) is 12.3 Å². The molecule has 0 spiro atoms. The molecule has 22 heavy (non-hydrogen) atoms. The number of nitro benzene ring substituents is 2. The Bertz CT molecular complexity index is 907. The van der Waals surface area contributed by atoms with Crippen molar-refractivity contribution < 1.29 is 18.3 Å². The smallest absolute Gasteiger partial charge is 0.272 e. The number of rotatable bonds is 5. The number of halogens is 1. The molecule has 0 heterocycles. The number of nitrogens with one attached hydrogen (secondary N) is 1. The first kappa shape index (κ1) is 11.3. The van der Waals surface area contributed by atoms with Crippen LogP contribution in [0.3, 0.4) is 0 Å². The highest BCUT2D eigenvalue weighted by atomic mass is 19.1. The van der Waals surface area contributed by atoms with Crippen LogP contribution in [0.15, 0.2) is 47.5 Å². The van der Waals surface area contributed by atoms with Crippen LogP contribution in [0.1, 0.15) is 9.68 Å². The minimum absolute atomic E-state index is 0.306. The van der Waals surface area contributed by atoms with Crippen LogP contribution in [0.2, 0.25) is 0 Å². The van der Waals surface area contributed by atoms with Crippen LogP contribution < -0.4 is 5.43 Å². The lowest BCUT2D eigenvalue weighted by atomic mass is 10.2. The van der Waals surface area contributed by atoms with E-state index in [2.05, 4.69) is 10.5 Å². The van der Waals surface area contributed by atoms with Gasteiger partial charge in [0.25, 0.3) is 5.69 Å². The molecule has 0 radical (unpaired) electrons. The molecule has 0 aliphatic rings. The van der Waals surface area contributed by atoms with Crippen molar-refractivity contribution in [3.05, 3.63) is 74.0 Å². The third kappa shape index (κ3) is 3.60. The van der Waals surface area contributed by atoms with E-state index in [1.54, 1.807) is 0 Å². The van der Waals surface area contributed by atoms with Gasteiger partial charge in [-0.3, -0.25) is 25.7 Å². The number of hydrazone groups is 1. The fourth-order valence-electron chi connectivity index (χ4n) is 1.45. The Hall–Kier alpha value is -3.36. The molecule has 8 nitrogen and oxygen atoms in total. The van der Waals surface area contributed by atoms with Crippen molar-refractivity contribution in [3.8, 4) is 0 Å². The van der Waals surface area contributed by atoms with E-state index >= 15 is 0 Å². The van der Waals surface area contributed by atoms with E-state index < -0.39 is 50.9 Å². The average Bonchev–Trinajstić information content (AvgIpc) is 2.51. The quantitative estimate of drug-likeness (QED) is 0.518. The Balaban J connectivity index is 2.50. The zero-order valence-corrected chi connectivity index (χ0v) is 10.7. The summed E-state index contributed by atoms with van der Waals surface area (Å²) in [6.45, 7) is 0. The third-order valence-electron chi connectivity index (χ3n) is 2.38. The van der Waals surface area contributed by atoms with Gasteiger partial charge in [-0.2, -0.15) is 5.10 Å². The lowest BCUT2D eigenvalue weighted by Gasteiger charge is -2.01. The van der Waals surface area contributed by atoms with Crippen molar-refractivity contribution in [1.82, 2.24) is 0 Å². The molecule has 0 fully saturated rings. The molecule has 112 valence electrons. The Morgan fingerprint density at radius 3 is 2.68 bits per heavy atom. The van der Waals surface area contributed by atoms with Crippen molar-refractivity contribution in [2.75, 3.05) is 5.43 Å². The predicted molar refractivity (Wildman–Crippen MR) is 77.4 cm³/mol. The number of benzene rings is 2. The minimum atomic E-state index is -1.14. The summed E-state index contributed by atoms with van der Waals surface area (Å²) in [6.07, 6.45) is 1.10. The van der Waals surface area contributed by atoms with Gasteiger partial charge < -0.3 is 0 Å². The summed E-state index contributed by atoms with van der Waals surface area (Å²) in [7, 11) is 0. The van der Waals surface area contributed by atoms with E-state index in [4.69, 9.17) is 4.11 Å². The van der Waals surface area contributed by atoms with E-state index in [9.17, 15) is 24.6 Å². The van der Waals surface area contributed by atoms with E-state index in [0.29, 0.717) is 5.56 Å². The monoisotopic (exact) mass is 307 g/mol. The van der Waals surface area contributed by atoms with Gasteiger partial charge in [0.2, 0.25) is 0 Å². The maximum atomic E-state index is 13.1. The Labute approximate surface area is 127 Å². The summed E-state index contributed by atoms with van der Waals surface area (Å²) in [5.74, 6) is -0.534. The molecule has 0 amide bonds. The molecule has 0 aromatic heterocycles. The van der Waals surface area contributed by atoms with Crippen LogP contribution in [-0.2, 0) is 0 Å². The van der Waals surface area contributed by atoms with Gasteiger partial charge >= 0.3 is 5.69 Å². The number of anilines is 1. The van der Waals surface area contributed by atoms with Gasteiger partial charge in [0, 0.05) is 6.04 Å². The second-order valence-corrected chi connectivity index (χ2v) is 3.89. The summed E-state index contributed by atoms with van der Waals surface area (Å²) < 4.78 is 35.9. The van der Waals surface area contributed by atoms with Crippen LogP contribution in [0.4, 0.5) is 21.5 Å². The highest BCUT2D eigenvalue weighted by molar-refractivity contribution is 5.80. The minimum Gasteiger partial charge on any atom is -0.272 e. The normalized spacial score (nSPS) is 12.5. The molecule has 9 heteroatoms. The molecule has 2 aromatic rings. The first-order valence-electron chi connectivity index (χ1n) is 7.21. The average molecular weight is 307 g/mol. The van der Waals surface area contributed by atoms with Crippen molar-refractivity contribution in [2.45, 2.75) is 0 Å². The fourth-order valence-corrected chi connectivity index (χ4v) is 1.45. The molecule has 0 saturated heterocycles. The van der Waals surface area contributed by atoms with Gasteiger partial charge in [0.15, 0.2) is 0 Å². The van der Waals surface area contributed by atoms with Gasteiger partial charge in [0.1, 0.15) is 11.5 Å². The molecule has 0 aliphatic carbocycles. The molecule has 0 atom stereocenters. The molecule has 0 bridgehead atoms. The second-order valence-electron chi connectivity index (χ2n) is 3.89. The maximum Gasteiger partial charge on any atom is 0.301 e. The summed E-state index contributed by atoms with van der Waals surface area (Å²) in [5, 5.41) is 25.6. The first-order chi connectivity index (χ1) is 11.7. The predicted octanol–water partition coefficient (Wildman–Crippen LogP) is 3.09. The van der Waals surface area contributed by atoms with E-state index in [1.165, 1.54) is 18.2 Å². The highest BCUT2D eigenvalue weighted by Gasteiger charge is 2.18. The first-order valence-corrected chi connectivity index (χ1v) is 5.71. The highest BCUT2D eigenvalue weighted by Crippen LogP contribution is 2.28. The Morgan fingerprint density at radius 1 is 1.27 bits per heavy atom. The van der Waals surface area contributed by atoms with E-state index in [-0.39, 0.29) is 0 Å². The molecular formula is C13H9FN4O4. The molecule has 0 aliphatic heterocycles. The number of nitrogens with zero attached hydrogens (tertiary/aromatic N) is 3. The molecule has 0 saturated carbocycles. The van der Waals surface area contributed by atoms with Gasteiger partial charge in [-0.25, -0.2) is 4.39 Å². The lowest BCUT2D eigenvalue weighted by molar-refractivity contribution is -0.393. The summed E-state index contributed by atoms with van der Waals surface area (Å²) >= 11 is 0. The fraction of sp³-hybridized carbons (Fsp3) is 0. The molecule has 2 aromatic carbocycles. The van der Waals surface area contributed by atoms with Gasteiger partial charge in [-0.1, -0.05) is 12.1 Å². The summed E-state index contributed by atoms with van der Waals surface area (Å²) in [5.41, 5.74) is -0.394. The van der Waals surface area contributed by atoms with Crippen LogP contribution >= 0.6 is 0 Å². The topological polar surface area (TPSA) is 111 Å². The summed E-state index contributed by atoms with van der Waals surface area (Å²) in [4.78, 5) is 19.8. The van der Waals surface area contributed by atoms with Crippen LogP contribution in [0.5, 0.6) is 0 Å². The van der Waals surface area contributed by atoms with Crippen LogP contribution in [0.25, 0.3) is 0 Å². The van der Waals surface area contributed by atoms with Gasteiger partial charge in [-0.05, 0) is 23.7 Å². The number of hydrogen-bond acceptors (Lipinski definition) is 6. The second kappa shape index (κ2) is 6.39. The largest absolute Gasteiger partial charge is 0.301 e. The number of hydrogen-bond donors (Lipinski definition) is 1. The molecular weight excluding hydrogens is 295 g/mol. The number of nitro groups is 2. The Morgan fingerprint density at radius 2 is 2.05 bits per heavy atom. The SMILES string of the molecule is [2H]c1c([2H])c([N+](=O)[O-])c([2H])c([N+](=O)[O-])c1N/N=C\c1cccc(F)c1. The standard InChI is InChI=1S/C13H9FN4O4/c14-10-3-1-2-9(6-10)8-15-16-12-5-4-11(17(19)20)7-13(12)18(21)22/h1-8,16H/b15-8-/i4D,5D,7D. The van der Waals surface area contributed by atoms with Crippen molar-refractivity contribution >= 4 is 23.3 Å². The van der Waals surface area contributed by atoms with Crippen molar-refractivity contribution in [2.24, 2.45) is 5.10 Å². The Kier molecular flexibility index (Phi) is 3.29. The zero-order chi connectivity index (χ0) is 18.7. The van der Waals surface area contributed by atoms with Crippen molar-refractivity contribution in [3.63, 3.8) is 0 Å². The van der Waals surface area contributed by atoms with Crippen LogP contribution in [0, 0.1) is 26.0 Å². The maximum absolute atomic E-state index is 13.1. The van der Waals surface area contributed by atoms with Gasteiger partial charge in [-0.15, -0.1) is 0 Å². The van der Waals surface area contributed by atoms with Gasteiger partial charge in [0.05, 0.1) is 26.2 Å². The van der Waals surface area contributed by atoms with E-state index in [1.807, 2.05) is 0 Å². The molecule has 2 rings (SSSR count). The third-order valence-corrected chi connectivity index (χ3v) is 2.38. The van der Waals surface area contributed by atoms with Crippen LogP contribution in [-0.4, -0.2) is 16.1 Å². The lowest BCUT2D eigenvalue weighted by Crippen LogP contribution is -1.98.